The van der Waals surface area contributed by atoms with E-state index in [1.165, 1.54) is 5.56 Å². The normalized spacial score (nSPS) is 12.1. The lowest BCUT2D eigenvalue weighted by Gasteiger charge is -2.25. The van der Waals surface area contributed by atoms with Crippen LogP contribution in [0.1, 0.15) is 24.5 Å². The molecule has 1 unspecified atom stereocenters. The van der Waals surface area contributed by atoms with Crippen molar-refractivity contribution < 1.29 is 4.79 Å². The number of nitrogens with one attached hydrogen (secondary N) is 1. The van der Waals surface area contributed by atoms with Crippen molar-refractivity contribution in [1.82, 2.24) is 10.2 Å². The molecule has 0 saturated heterocycles. The van der Waals surface area contributed by atoms with Gasteiger partial charge in [-0.1, -0.05) is 42.5 Å². The highest BCUT2D eigenvalue weighted by molar-refractivity contribution is 5.78. The molecule has 0 bridgehead atoms. The number of benzene rings is 2. The Morgan fingerprint density at radius 1 is 1.08 bits per heavy atom. The highest BCUT2D eigenvalue weighted by Crippen LogP contribution is 2.08. The summed E-state index contributed by atoms with van der Waals surface area (Å²) in [5.74, 6) is 0.0534. The lowest BCUT2D eigenvalue weighted by atomic mass is 10.1. The molecule has 1 atom stereocenters. The zero-order valence-corrected chi connectivity index (χ0v) is 14.5. The summed E-state index contributed by atoms with van der Waals surface area (Å²) in [5.41, 5.74) is 8.65. The summed E-state index contributed by atoms with van der Waals surface area (Å²) >= 11 is 0. The zero-order valence-electron chi connectivity index (χ0n) is 14.5. The van der Waals surface area contributed by atoms with E-state index in [0.717, 1.165) is 24.2 Å². The van der Waals surface area contributed by atoms with Crippen LogP contribution >= 0.6 is 0 Å². The first-order valence-electron chi connectivity index (χ1n) is 8.40. The van der Waals surface area contributed by atoms with E-state index < -0.39 is 0 Å². The molecule has 0 radical (unpaired) electrons. The molecule has 0 aliphatic heterocycles. The molecule has 24 heavy (non-hydrogen) atoms. The van der Waals surface area contributed by atoms with Gasteiger partial charge in [0.25, 0.3) is 0 Å². The Kier molecular flexibility index (Phi) is 6.82. The third-order valence-electron chi connectivity index (χ3n) is 4.26. The van der Waals surface area contributed by atoms with E-state index in [4.69, 9.17) is 5.73 Å². The van der Waals surface area contributed by atoms with Gasteiger partial charge in [-0.25, -0.2) is 0 Å². The van der Waals surface area contributed by atoms with Crippen molar-refractivity contribution in [1.29, 1.82) is 0 Å². The minimum absolute atomic E-state index is 0.0534. The summed E-state index contributed by atoms with van der Waals surface area (Å²) in [4.78, 5) is 14.3. The average Bonchev–Trinajstić information content (AvgIpc) is 2.57. The molecule has 0 saturated carbocycles. The average molecular weight is 325 g/mol. The van der Waals surface area contributed by atoms with Gasteiger partial charge in [-0.3, -0.25) is 9.69 Å². The molecular formula is C20H27N3O. The summed E-state index contributed by atoms with van der Waals surface area (Å²) in [7, 11) is 2.12. The highest BCUT2D eigenvalue weighted by Gasteiger charge is 2.10. The van der Waals surface area contributed by atoms with E-state index in [1.807, 2.05) is 30.3 Å². The van der Waals surface area contributed by atoms with Crippen LogP contribution in [-0.4, -0.2) is 30.4 Å². The molecule has 128 valence electrons. The smallest absolute Gasteiger partial charge is 0.224 e. The predicted molar refractivity (Wildman–Crippen MR) is 99.6 cm³/mol. The Morgan fingerprint density at radius 2 is 1.75 bits per heavy atom. The van der Waals surface area contributed by atoms with Crippen LogP contribution in [0.4, 0.5) is 5.69 Å². The Hall–Kier alpha value is -2.33. The maximum Gasteiger partial charge on any atom is 0.224 e. The molecule has 1 amide bonds. The number of nitrogen functional groups attached to an aromatic ring is 1. The molecule has 0 heterocycles. The number of hydrogen-bond acceptors (Lipinski definition) is 3. The van der Waals surface area contributed by atoms with E-state index in [9.17, 15) is 4.79 Å². The summed E-state index contributed by atoms with van der Waals surface area (Å²) in [6, 6.07) is 18.3. The molecular weight excluding hydrogens is 298 g/mol. The molecule has 0 spiro atoms. The molecule has 2 aromatic carbocycles. The monoisotopic (exact) mass is 325 g/mol. The van der Waals surface area contributed by atoms with Crippen LogP contribution in [0.25, 0.3) is 0 Å². The van der Waals surface area contributed by atoms with Crippen LogP contribution in [0, 0.1) is 0 Å². The van der Waals surface area contributed by atoms with Crippen molar-refractivity contribution in [3.05, 3.63) is 65.7 Å². The summed E-state index contributed by atoms with van der Waals surface area (Å²) < 4.78 is 0. The van der Waals surface area contributed by atoms with Crippen molar-refractivity contribution in [2.45, 2.75) is 32.4 Å². The van der Waals surface area contributed by atoms with Gasteiger partial charge in [0, 0.05) is 24.8 Å². The Morgan fingerprint density at radius 3 is 2.42 bits per heavy atom. The molecule has 0 fully saturated rings. The lowest BCUT2D eigenvalue weighted by Crippen LogP contribution is -2.34. The fourth-order valence-electron chi connectivity index (χ4n) is 2.55. The van der Waals surface area contributed by atoms with Gasteiger partial charge in [0.15, 0.2) is 0 Å². The second-order valence-electron chi connectivity index (χ2n) is 6.31. The standard InChI is InChI=1S/C20H27N3O/c1-16(23(2)15-18-6-4-3-5-7-18)12-13-22-20(24)14-17-8-10-19(21)11-9-17/h3-11,16H,12-15,21H2,1-2H3,(H,22,24). The van der Waals surface area contributed by atoms with Crippen molar-refractivity contribution in [3.63, 3.8) is 0 Å². The zero-order chi connectivity index (χ0) is 17.4. The van der Waals surface area contributed by atoms with Crippen molar-refractivity contribution >= 4 is 11.6 Å². The number of anilines is 1. The first-order chi connectivity index (χ1) is 11.5. The van der Waals surface area contributed by atoms with E-state index in [0.29, 0.717) is 19.0 Å². The summed E-state index contributed by atoms with van der Waals surface area (Å²) in [5, 5.41) is 3.00. The van der Waals surface area contributed by atoms with E-state index >= 15 is 0 Å². The summed E-state index contributed by atoms with van der Waals surface area (Å²) in [6.45, 7) is 3.80. The van der Waals surface area contributed by atoms with Gasteiger partial charge in [-0.05, 0) is 43.7 Å². The maximum absolute atomic E-state index is 12.0. The molecule has 0 aromatic heterocycles. The second kappa shape index (κ2) is 9.08. The third-order valence-corrected chi connectivity index (χ3v) is 4.26. The van der Waals surface area contributed by atoms with Gasteiger partial charge < -0.3 is 11.1 Å². The van der Waals surface area contributed by atoms with Crippen molar-refractivity contribution in [2.24, 2.45) is 0 Å². The van der Waals surface area contributed by atoms with Gasteiger partial charge in [0.1, 0.15) is 0 Å². The molecule has 3 N–H and O–H groups in total. The minimum atomic E-state index is 0.0534. The van der Waals surface area contributed by atoms with Gasteiger partial charge in [-0.15, -0.1) is 0 Å². The van der Waals surface area contributed by atoms with Gasteiger partial charge >= 0.3 is 0 Å². The maximum atomic E-state index is 12.0. The van der Waals surface area contributed by atoms with Gasteiger partial charge in [0.05, 0.1) is 6.42 Å². The number of hydrogen-bond donors (Lipinski definition) is 2. The predicted octanol–water partition coefficient (Wildman–Crippen LogP) is 2.84. The van der Waals surface area contributed by atoms with Crippen LogP contribution in [0.5, 0.6) is 0 Å². The quantitative estimate of drug-likeness (QED) is 0.734. The first-order valence-corrected chi connectivity index (χ1v) is 8.40. The number of nitrogens with two attached hydrogens (primary N) is 1. The summed E-state index contributed by atoms with van der Waals surface area (Å²) in [6.07, 6.45) is 1.32. The number of carbonyl (C=O) groups is 1. The van der Waals surface area contributed by atoms with E-state index in [1.54, 1.807) is 0 Å². The SMILES string of the molecule is CC(CCNC(=O)Cc1ccc(N)cc1)N(C)Cc1ccccc1. The topological polar surface area (TPSA) is 58.4 Å². The highest BCUT2D eigenvalue weighted by atomic mass is 16.1. The minimum Gasteiger partial charge on any atom is -0.399 e. The fraction of sp³-hybridized carbons (Fsp3) is 0.350. The first kappa shape index (κ1) is 18.0. The second-order valence-corrected chi connectivity index (χ2v) is 6.31. The molecule has 2 rings (SSSR count). The van der Waals surface area contributed by atoms with Crippen LogP contribution in [0.3, 0.4) is 0 Å². The number of amides is 1. The van der Waals surface area contributed by atoms with Crippen LogP contribution in [0.2, 0.25) is 0 Å². The van der Waals surface area contributed by atoms with Crippen molar-refractivity contribution in [3.8, 4) is 0 Å². The third kappa shape index (κ3) is 6.05. The van der Waals surface area contributed by atoms with E-state index in [2.05, 4.69) is 48.5 Å². The van der Waals surface area contributed by atoms with Crippen molar-refractivity contribution in [2.75, 3.05) is 19.3 Å². The van der Waals surface area contributed by atoms with E-state index in [-0.39, 0.29) is 5.91 Å². The molecule has 4 nitrogen and oxygen atoms in total. The number of nitrogens with zero attached hydrogens (tertiary/aromatic N) is 1. The van der Waals surface area contributed by atoms with Gasteiger partial charge in [0.2, 0.25) is 5.91 Å². The number of rotatable bonds is 8. The molecule has 4 heteroatoms. The van der Waals surface area contributed by atoms with Gasteiger partial charge in [-0.2, -0.15) is 0 Å². The van der Waals surface area contributed by atoms with Crippen LogP contribution < -0.4 is 11.1 Å². The number of carbonyl (C=O) groups excluding carboxylic acids is 1. The molecule has 0 aliphatic carbocycles. The van der Waals surface area contributed by atoms with Crippen LogP contribution in [-0.2, 0) is 17.8 Å². The molecule has 2 aromatic rings. The Labute approximate surface area is 144 Å². The lowest BCUT2D eigenvalue weighted by molar-refractivity contribution is -0.120. The Balaban J connectivity index is 1.68. The van der Waals surface area contributed by atoms with Crippen LogP contribution in [0.15, 0.2) is 54.6 Å². The molecule has 0 aliphatic rings. The Bertz CT molecular complexity index is 625. The largest absolute Gasteiger partial charge is 0.399 e. The fourth-order valence-corrected chi connectivity index (χ4v) is 2.55.